The van der Waals surface area contributed by atoms with E-state index in [-0.39, 0.29) is 52.6 Å². The van der Waals surface area contributed by atoms with Crippen molar-refractivity contribution < 1.29 is 29.0 Å². The highest BCUT2D eigenvalue weighted by Crippen LogP contribution is 2.68. The maximum absolute atomic E-state index is 12.6. The van der Waals surface area contributed by atoms with Gasteiger partial charge in [0.2, 0.25) is 0 Å². The zero-order valence-electron chi connectivity index (χ0n) is 19.4. The summed E-state index contributed by atoms with van der Waals surface area (Å²) in [7, 11) is 0. The summed E-state index contributed by atoms with van der Waals surface area (Å²) in [5.74, 6) is 0.894. The number of carbonyl (C=O) groups excluding carboxylic acids is 3. The lowest BCUT2D eigenvalue weighted by atomic mass is 9.43. The number of esters is 2. The molecule has 0 aromatic heterocycles. The molecule has 4 rings (SSSR count). The zero-order valence-corrected chi connectivity index (χ0v) is 19.4. The van der Waals surface area contributed by atoms with Crippen LogP contribution in [0.5, 0.6) is 0 Å². The second kappa shape index (κ2) is 8.17. The lowest BCUT2D eigenvalue weighted by molar-refractivity contribution is -0.200. The van der Waals surface area contributed by atoms with Crippen molar-refractivity contribution in [1.29, 1.82) is 0 Å². The Morgan fingerprint density at radius 3 is 2.29 bits per heavy atom. The highest BCUT2D eigenvalue weighted by molar-refractivity contribution is 5.83. The SMILES string of the molecule is CC(=O)O[C@@H]1CC[C@@]2(C)[C@H](CC[C@@H]3[C@@H]2[C@H](OC(C)=O)C[C@]2(C)[C@@H](C(=O)CO)CC[C@@H]32)C1. The highest BCUT2D eigenvalue weighted by Gasteiger charge is 2.65. The summed E-state index contributed by atoms with van der Waals surface area (Å²) in [5.41, 5.74) is -0.181. The van der Waals surface area contributed by atoms with E-state index in [4.69, 9.17) is 9.47 Å². The number of hydrogen-bond donors (Lipinski definition) is 1. The van der Waals surface area contributed by atoms with E-state index >= 15 is 0 Å². The average molecular weight is 435 g/mol. The minimum Gasteiger partial charge on any atom is -0.463 e. The molecule has 0 unspecified atom stereocenters. The Kier molecular flexibility index (Phi) is 5.99. The van der Waals surface area contributed by atoms with Crippen molar-refractivity contribution in [3.63, 3.8) is 0 Å². The molecule has 0 aromatic rings. The first-order chi connectivity index (χ1) is 14.6. The van der Waals surface area contributed by atoms with Gasteiger partial charge in [-0.15, -0.1) is 0 Å². The Hall–Kier alpha value is -1.43. The van der Waals surface area contributed by atoms with Gasteiger partial charge in [-0.2, -0.15) is 0 Å². The minimum atomic E-state index is -0.406. The Bertz CT molecular complexity index is 748. The number of ether oxygens (including phenoxy) is 2. The Morgan fingerprint density at radius 1 is 0.935 bits per heavy atom. The molecule has 0 amide bonds. The summed E-state index contributed by atoms with van der Waals surface area (Å²) in [6, 6.07) is 0. The number of fused-ring (bicyclic) bond motifs is 5. The van der Waals surface area contributed by atoms with Gasteiger partial charge < -0.3 is 14.6 Å². The summed E-state index contributed by atoms with van der Waals surface area (Å²) in [5, 5.41) is 9.56. The molecule has 0 radical (unpaired) electrons. The van der Waals surface area contributed by atoms with Crippen LogP contribution in [0.2, 0.25) is 0 Å². The summed E-state index contributed by atoms with van der Waals surface area (Å²) >= 11 is 0. The number of ketones is 1. The number of aliphatic hydroxyl groups is 1. The zero-order chi connectivity index (χ0) is 22.6. The van der Waals surface area contributed by atoms with Crippen LogP contribution >= 0.6 is 0 Å². The predicted molar refractivity (Wildman–Crippen MR) is 114 cm³/mol. The molecule has 1 N–H and O–H groups in total. The maximum Gasteiger partial charge on any atom is 0.302 e. The summed E-state index contributed by atoms with van der Waals surface area (Å²) in [4.78, 5) is 36.2. The average Bonchev–Trinajstić information content (AvgIpc) is 3.03. The van der Waals surface area contributed by atoms with E-state index < -0.39 is 6.61 Å². The van der Waals surface area contributed by atoms with Crippen LogP contribution in [0.1, 0.15) is 79.1 Å². The quantitative estimate of drug-likeness (QED) is 0.679. The number of carbonyl (C=O) groups is 3. The molecule has 0 saturated heterocycles. The Balaban J connectivity index is 1.65. The molecule has 6 nitrogen and oxygen atoms in total. The third-order valence-corrected chi connectivity index (χ3v) is 9.72. The topological polar surface area (TPSA) is 89.9 Å². The molecule has 4 aliphatic rings. The summed E-state index contributed by atoms with van der Waals surface area (Å²) in [6.07, 6.45) is 7.20. The van der Waals surface area contributed by atoms with Gasteiger partial charge in [-0.1, -0.05) is 13.8 Å². The standard InChI is InChI=1S/C25H38O6/c1-14(27)30-17-9-10-24(3)16(11-17)5-6-18-19-7-8-20(21(29)13-26)25(19,4)12-22(23(18)24)31-15(2)28/h16-20,22-23,26H,5-13H2,1-4H3/t16-,17-,18+,19+,20-,22-,23-,24+,25+/m1/s1. The van der Waals surface area contributed by atoms with Gasteiger partial charge in [0.05, 0.1) is 0 Å². The molecule has 4 fully saturated rings. The van der Waals surface area contributed by atoms with Crippen LogP contribution in [0.3, 0.4) is 0 Å². The molecule has 0 aromatic carbocycles. The van der Waals surface area contributed by atoms with E-state index in [0.717, 1.165) is 44.9 Å². The van der Waals surface area contributed by atoms with Gasteiger partial charge in [0, 0.05) is 25.7 Å². The largest absolute Gasteiger partial charge is 0.463 e. The monoisotopic (exact) mass is 434 g/mol. The van der Waals surface area contributed by atoms with Crippen molar-refractivity contribution >= 4 is 17.7 Å². The van der Waals surface area contributed by atoms with Crippen LogP contribution in [0.4, 0.5) is 0 Å². The first kappa shape index (κ1) is 22.8. The van der Waals surface area contributed by atoms with Gasteiger partial charge in [0.1, 0.15) is 18.8 Å². The van der Waals surface area contributed by atoms with Gasteiger partial charge in [-0.05, 0) is 80.0 Å². The van der Waals surface area contributed by atoms with Crippen LogP contribution in [0.25, 0.3) is 0 Å². The van der Waals surface area contributed by atoms with Crippen molar-refractivity contribution in [1.82, 2.24) is 0 Å². The van der Waals surface area contributed by atoms with Crippen molar-refractivity contribution in [2.24, 2.45) is 40.4 Å². The van der Waals surface area contributed by atoms with Gasteiger partial charge in [-0.25, -0.2) is 0 Å². The van der Waals surface area contributed by atoms with E-state index in [9.17, 15) is 19.5 Å². The third-order valence-electron chi connectivity index (χ3n) is 9.72. The third kappa shape index (κ3) is 3.73. The molecular formula is C25H38O6. The lowest BCUT2D eigenvalue weighted by Crippen LogP contribution is -2.60. The first-order valence-electron chi connectivity index (χ1n) is 12.1. The molecule has 0 bridgehead atoms. The lowest BCUT2D eigenvalue weighted by Gasteiger charge is -2.62. The summed E-state index contributed by atoms with van der Waals surface area (Å²) in [6.45, 7) is 7.11. The van der Waals surface area contributed by atoms with Crippen molar-refractivity contribution in [3.8, 4) is 0 Å². The van der Waals surface area contributed by atoms with E-state index in [1.165, 1.54) is 13.8 Å². The molecule has 174 valence electrons. The van der Waals surface area contributed by atoms with Crippen LogP contribution in [-0.4, -0.2) is 41.6 Å². The fourth-order valence-corrected chi connectivity index (χ4v) is 8.61. The Labute approximate surface area is 185 Å². The van der Waals surface area contributed by atoms with Crippen LogP contribution in [0.15, 0.2) is 0 Å². The van der Waals surface area contributed by atoms with Crippen molar-refractivity contribution in [2.45, 2.75) is 91.3 Å². The molecule has 6 heteroatoms. The van der Waals surface area contributed by atoms with Crippen molar-refractivity contribution in [3.05, 3.63) is 0 Å². The van der Waals surface area contributed by atoms with Gasteiger partial charge in [0.25, 0.3) is 0 Å². The van der Waals surface area contributed by atoms with Crippen LogP contribution in [-0.2, 0) is 23.9 Å². The second-order valence-electron chi connectivity index (χ2n) is 11.2. The van der Waals surface area contributed by atoms with Gasteiger partial charge in [-0.3, -0.25) is 14.4 Å². The number of hydrogen-bond acceptors (Lipinski definition) is 6. The smallest absolute Gasteiger partial charge is 0.302 e. The molecule has 0 aliphatic heterocycles. The molecule has 9 atom stereocenters. The normalized spacial score (nSPS) is 46.3. The molecule has 31 heavy (non-hydrogen) atoms. The second-order valence-corrected chi connectivity index (χ2v) is 11.2. The minimum absolute atomic E-state index is 0.00815. The van der Waals surface area contributed by atoms with E-state index in [2.05, 4.69) is 13.8 Å². The fourth-order valence-electron chi connectivity index (χ4n) is 8.61. The van der Waals surface area contributed by atoms with Gasteiger partial charge in [0.15, 0.2) is 5.78 Å². The van der Waals surface area contributed by atoms with Crippen molar-refractivity contribution in [2.75, 3.05) is 6.61 Å². The van der Waals surface area contributed by atoms with E-state index in [1.807, 2.05) is 0 Å². The Morgan fingerprint density at radius 2 is 1.65 bits per heavy atom. The summed E-state index contributed by atoms with van der Waals surface area (Å²) < 4.78 is 11.6. The van der Waals surface area contributed by atoms with E-state index in [0.29, 0.717) is 24.2 Å². The van der Waals surface area contributed by atoms with Crippen LogP contribution in [0, 0.1) is 40.4 Å². The maximum atomic E-state index is 12.6. The van der Waals surface area contributed by atoms with E-state index in [1.54, 1.807) is 0 Å². The number of Topliss-reactive ketones (excluding diaryl/α,β-unsaturated/α-hetero) is 1. The number of rotatable bonds is 4. The first-order valence-corrected chi connectivity index (χ1v) is 12.1. The molecule has 4 saturated carbocycles. The van der Waals surface area contributed by atoms with Gasteiger partial charge >= 0.3 is 11.9 Å². The highest BCUT2D eigenvalue weighted by atomic mass is 16.5. The predicted octanol–water partition coefficient (Wildman–Crippen LogP) is 3.68. The molecule has 0 heterocycles. The molecular weight excluding hydrogens is 396 g/mol. The number of aliphatic hydroxyl groups excluding tert-OH is 1. The fraction of sp³-hybridized carbons (Fsp3) is 0.880. The molecule has 4 aliphatic carbocycles. The molecule has 0 spiro atoms. The van der Waals surface area contributed by atoms with Crippen LogP contribution < -0.4 is 0 Å².